The van der Waals surface area contributed by atoms with Gasteiger partial charge in [-0.05, 0) is 39.6 Å². The summed E-state index contributed by atoms with van der Waals surface area (Å²) in [6, 6.07) is 7.46. The number of nitrogens with one attached hydrogen (secondary N) is 2. The highest BCUT2D eigenvalue weighted by Gasteiger charge is 2.29. The summed E-state index contributed by atoms with van der Waals surface area (Å²) in [4.78, 5) is 28.0. The fraction of sp³-hybridized carbons (Fsp3) is 0.375. The monoisotopic (exact) mass is 448 g/mol. The molecule has 9 nitrogen and oxygen atoms in total. The molecule has 9 heteroatoms. The normalized spacial score (nSPS) is 15.8. The SMILES string of the molecule is C=CC(=N)c1cccc(-c2nc(N)c3nc(C4CCN(C)C(=O)C4)n(CC)c3n2)c1.CNC. The number of amides is 1. The van der Waals surface area contributed by atoms with Gasteiger partial charge in [0.1, 0.15) is 5.82 Å². The Morgan fingerprint density at radius 2 is 2.06 bits per heavy atom. The third kappa shape index (κ3) is 4.93. The van der Waals surface area contributed by atoms with E-state index in [1.54, 1.807) is 4.90 Å². The average Bonchev–Trinajstić information content (AvgIpc) is 3.20. The van der Waals surface area contributed by atoms with Crippen LogP contribution in [-0.2, 0) is 11.3 Å². The number of nitrogens with zero attached hydrogens (tertiary/aromatic N) is 5. The molecule has 0 aliphatic carbocycles. The maximum Gasteiger partial charge on any atom is 0.223 e. The van der Waals surface area contributed by atoms with E-state index in [4.69, 9.17) is 21.1 Å². The van der Waals surface area contributed by atoms with Gasteiger partial charge in [-0.2, -0.15) is 0 Å². The van der Waals surface area contributed by atoms with Crippen LogP contribution in [0, 0.1) is 5.41 Å². The molecule has 1 amide bonds. The van der Waals surface area contributed by atoms with Gasteiger partial charge in [0.05, 0.1) is 5.71 Å². The number of hydrogen-bond donors (Lipinski definition) is 3. The Hall–Kier alpha value is -3.59. The molecule has 1 atom stereocenters. The van der Waals surface area contributed by atoms with Crippen molar-refractivity contribution in [2.24, 2.45) is 0 Å². The van der Waals surface area contributed by atoms with E-state index in [2.05, 4.69) is 16.9 Å². The number of nitrogen functional groups attached to an aromatic ring is 1. The van der Waals surface area contributed by atoms with Crippen molar-refractivity contribution in [1.29, 1.82) is 5.41 Å². The lowest BCUT2D eigenvalue weighted by atomic mass is 9.95. The summed E-state index contributed by atoms with van der Waals surface area (Å²) >= 11 is 0. The summed E-state index contributed by atoms with van der Waals surface area (Å²) in [5, 5.41) is 10.7. The van der Waals surface area contributed by atoms with Crippen LogP contribution in [0.4, 0.5) is 5.82 Å². The third-order valence-corrected chi connectivity index (χ3v) is 5.63. The Labute approximate surface area is 194 Å². The van der Waals surface area contributed by atoms with E-state index in [9.17, 15) is 4.79 Å². The van der Waals surface area contributed by atoms with Gasteiger partial charge in [-0.3, -0.25) is 4.79 Å². The number of benzene rings is 1. The number of rotatable bonds is 5. The van der Waals surface area contributed by atoms with Gasteiger partial charge in [0.25, 0.3) is 0 Å². The lowest BCUT2D eigenvalue weighted by molar-refractivity contribution is -0.132. The van der Waals surface area contributed by atoms with Crippen LogP contribution in [0.3, 0.4) is 0 Å². The molecule has 1 aliphatic heterocycles. The second-order valence-corrected chi connectivity index (χ2v) is 8.02. The van der Waals surface area contributed by atoms with E-state index in [0.717, 1.165) is 23.4 Å². The molecule has 0 bridgehead atoms. The quantitative estimate of drug-likeness (QED) is 0.515. The molecular formula is C24H32N8O. The fourth-order valence-corrected chi connectivity index (χ4v) is 3.90. The lowest BCUT2D eigenvalue weighted by Crippen LogP contribution is -2.35. The molecule has 0 spiro atoms. The molecule has 4 rings (SSSR count). The Bertz CT molecular complexity index is 1180. The fourth-order valence-electron chi connectivity index (χ4n) is 3.90. The number of nitrogens with two attached hydrogens (primary N) is 1. The molecule has 3 heterocycles. The Kier molecular flexibility index (Phi) is 7.55. The highest BCUT2D eigenvalue weighted by Crippen LogP contribution is 2.32. The number of hydrogen-bond acceptors (Lipinski definition) is 7. The number of likely N-dealkylation sites (tertiary alicyclic amines) is 1. The van der Waals surface area contributed by atoms with Crippen molar-refractivity contribution in [1.82, 2.24) is 29.7 Å². The van der Waals surface area contributed by atoms with Crippen molar-refractivity contribution in [2.75, 3.05) is 33.4 Å². The van der Waals surface area contributed by atoms with Crippen LogP contribution >= 0.6 is 0 Å². The molecular weight excluding hydrogens is 416 g/mol. The average molecular weight is 449 g/mol. The van der Waals surface area contributed by atoms with Crippen molar-refractivity contribution < 1.29 is 4.79 Å². The van der Waals surface area contributed by atoms with E-state index in [0.29, 0.717) is 48.0 Å². The van der Waals surface area contributed by atoms with Crippen molar-refractivity contribution in [3.63, 3.8) is 0 Å². The molecule has 1 aromatic carbocycles. The first-order valence-corrected chi connectivity index (χ1v) is 11.0. The van der Waals surface area contributed by atoms with Gasteiger partial charge < -0.3 is 25.9 Å². The summed E-state index contributed by atoms with van der Waals surface area (Å²) in [5.41, 5.74) is 9.35. The van der Waals surface area contributed by atoms with E-state index < -0.39 is 0 Å². The molecule has 2 aromatic heterocycles. The number of carbonyl (C=O) groups is 1. The number of carbonyl (C=O) groups excluding carboxylic acids is 1. The molecule has 4 N–H and O–H groups in total. The summed E-state index contributed by atoms with van der Waals surface area (Å²) in [5.74, 6) is 1.81. The first-order valence-electron chi connectivity index (χ1n) is 11.0. The second-order valence-electron chi connectivity index (χ2n) is 8.02. The molecule has 174 valence electrons. The lowest BCUT2D eigenvalue weighted by Gasteiger charge is -2.28. The molecule has 0 radical (unpaired) electrons. The molecule has 1 fully saturated rings. The maximum atomic E-state index is 12.2. The molecule has 1 aliphatic rings. The van der Waals surface area contributed by atoms with Crippen LogP contribution in [0.1, 0.15) is 37.1 Å². The van der Waals surface area contributed by atoms with Gasteiger partial charge >= 0.3 is 0 Å². The Balaban J connectivity index is 0.000000968. The van der Waals surface area contributed by atoms with Gasteiger partial charge in [-0.25, -0.2) is 15.0 Å². The van der Waals surface area contributed by atoms with Gasteiger partial charge in [-0.15, -0.1) is 0 Å². The molecule has 0 saturated carbocycles. The number of allylic oxidation sites excluding steroid dienone is 1. The van der Waals surface area contributed by atoms with E-state index in [1.165, 1.54) is 6.08 Å². The number of piperidine rings is 1. The maximum absolute atomic E-state index is 12.2. The first-order chi connectivity index (χ1) is 15.8. The van der Waals surface area contributed by atoms with Crippen LogP contribution in [0.15, 0.2) is 36.9 Å². The molecule has 1 saturated heterocycles. The van der Waals surface area contributed by atoms with Crippen molar-refractivity contribution in [2.45, 2.75) is 32.2 Å². The van der Waals surface area contributed by atoms with Crippen molar-refractivity contribution in [3.8, 4) is 11.4 Å². The standard InChI is InChI=1S/C22H25N7O.C2H7N/c1-4-16(23)13-7-6-8-14(11-13)20-26-19(24)18-22(27-20)29(5-2)21(25-18)15-9-10-28(3)17(30)12-15;1-3-2/h4,6-8,11,15,23H,1,5,9-10,12H2,2-3H3,(H2,24,26,27);3H,1-2H3. The van der Waals surface area contributed by atoms with Gasteiger partial charge in [0, 0.05) is 43.6 Å². The smallest absolute Gasteiger partial charge is 0.223 e. The van der Waals surface area contributed by atoms with E-state index in [-0.39, 0.29) is 11.8 Å². The topological polar surface area (TPSA) is 126 Å². The van der Waals surface area contributed by atoms with Crippen LogP contribution < -0.4 is 11.1 Å². The molecule has 3 aromatic rings. The minimum absolute atomic E-state index is 0.0436. The second kappa shape index (κ2) is 10.4. The predicted octanol–water partition coefficient (Wildman–Crippen LogP) is 2.82. The largest absolute Gasteiger partial charge is 0.382 e. The van der Waals surface area contributed by atoms with E-state index >= 15 is 0 Å². The zero-order valence-electron chi connectivity index (χ0n) is 19.7. The van der Waals surface area contributed by atoms with Crippen LogP contribution in [0.5, 0.6) is 0 Å². The zero-order chi connectivity index (χ0) is 24.1. The third-order valence-electron chi connectivity index (χ3n) is 5.63. The van der Waals surface area contributed by atoms with E-state index in [1.807, 2.05) is 56.9 Å². The Morgan fingerprint density at radius 1 is 1.33 bits per heavy atom. The van der Waals surface area contributed by atoms with Gasteiger partial charge in [-0.1, -0.05) is 24.8 Å². The minimum atomic E-state index is 0.0436. The summed E-state index contributed by atoms with van der Waals surface area (Å²) in [6.07, 6.45) is 2.79. The number of fused-ring (bicyclic) bond motifs is 1. The van der Waals surface area contributed by atoms with Crippen LogP contribution in [-0.4, -0.2) is 63.7 Å². The van der Waals surface area contributed by atoms with Gasteiger partial charge in [0.2, 0.25) is 5.91 Å². The molecule has 33 heavy (non-hydrogen) atoms. The first kappa shape index (κ1) is 24.1. The van der Waals surface area contributed by atoms with Crippen LogP contribution in [0.2, 0.25) is 0 Å². The minimum Gasteiger partial charge on any atom is -0.382 e. The number of imidazole rings is 1. The Morgan fingerprint density at radius 3 is 2.70 bits per heavy atom. The zero-order valence-corrected chi connectivity index (χ0v) is 19.7. The molecule has 1 unspecified atom stereocenters. The summed E-state index contributed by atoms with van der Waals surface area (Å²) < 4.78 is 2.04. The van der Waals surface area contributed by atoms with Gasteiger partial charge in [0.15, 0.2) is 22.8 Å². The number of aromatic nitrogens is 4. The summed E-state index contributed by atoms with van der Waals surface area (Å²) in [7, 11) is 5.58. The van der Waals surface area contributed by atoms with Crippen molar-refractivity contribution in [3.05, 3.63) is 48.3 Å². The highest BCUT2D eigenvalue weighted by molar-refractivity contribution is 6.06. The highest BCUT2D eigenvalue weighted by atomic mass is 16.2. The summed E-state index contributed by atoms with van der Waals surface area (Å²) in [6.45, 7) is 7.08. The number of anilines is 1. The predicted molar refractivity (Wildman–Crippen MR) is 132 cm³/mol. The van der Waals surface area contributed by atoms with Crippen LogP contribution in [0.25, 0.3) is 22.6 Å². The number of aryl methyl sites for hydroxylation is 1. The van der Waals surface area contributed by atoms with Crippen molar-refractivity contribution >= 4 is 28.6 Å².